The van der Waals surface area contributed by atoms with E-state index in [4.69, 9.17) is 14.5 Å². The van der Waals surface area contributed by atoms with Gasteiger partial charge in [-0.1, -0.05) is 76.9 Å². The molecule has 0 saturated heterocycles. The second-order valence-corrected chi connectivity index (χ2v) is 9.21. The fraction of sp³-hybridized carbons (Fsp3) is 0.905. The van der Waals surface area contributed by atoms with E-state index in [0.29, 0.717) is 6.61 Å². The quantitative estimate of drug-likeness (QED) is 0.140. The average Bonchev–Trinajstić information content (AvgIpc) is 2.59. The molecule has 0 fully saturated rings. The first-order valence-corrected chi connectivity index (χ1v) is 12.7. The predicted octanol–water partition coefficient (Wildman–Crippen LogP) is 5.58. The van der Waals surface area contributed by atoms with E-state index in [1.807, 2.05) is 0 Å². The summed E-state index contributed by atoms with van der Waals surface area (Å²) >= 11 is 0. The Labute approximate surface area is 166 Å². The number of rotatable bonds is 20. The minimum Gasteiger partial charge on any atom is -0.390 e. The van der Waals surface area contributed by atoms with E-state index in [1.54, 1.807) is 0 Å². The maximum absolute atomic E-state index is 10.7. The number of hydrogen-bond donors (Lipinski definition) is 3. The monoisotopic (exact) mass is 406 g/mol. The van der Waals surface area contributed by atoms with E-state index >= 15 is 0 Å². The van der Waals surface area contributed by atoms with Gasteiger partial charge in [0.2, 0.25) is 0 Å². The summed E-state index contributed by atoms with van der Waals surface area (Å²) in [6.45, 7) is 2.79. The Bertz CT molecular complexity index is 381. The normalized spacial score (nSPS) is 13.5. The van der Waals surface area contributed by atoms with Gasteiger partial charge in [0.25, 0.3) is 0 Å². The van der Waals surface area contributed by atoms with E-state index in [9.17, 15) is 9.67 Å². The Morgan fingerprint density at radius 1 is 0.815 bits per heavy atom. The van der Waals surface area contributed by atoms with Crippen LogP contribution in [0.5, 0.6) is 0 Å². The lowest BCUT2D eigenvalue weighted by Crippen LogP contribution is -2.20. The van der Waals surface area contributed by atoms with Gasteiger partial charge in [-0.05, 0) is 32.1 Å². The van der Waals surface area contributed by atoms with Crippen molar-refractivity contribution in [3.8, 4) is 0 Å². The van der Waals surface area contributed by atoms with Crippen molar-refractivity contribution in [2.24, 2.45) is 0 Å². The Morgan fingerprint density at radius 3 is 1.81 bits per heavy atom. The summed E-state index contributed by atoms with van der Waals surface area (Å²) in [6, 6.07) is 0. The zero-order valence-electron chi connectivity index (χ0n) is 17.4. The minimum atomic E-state index is -4.15. The maximum Gasteiger partial charge on any atom is 0.328 e. The van der Waals surface area contributed by atoms with Gasteiger partial charge >= 0.3 is 7.60 Å². The fourth-order valence-electron chi connectivity index (χ4n) is 3.00. The average molecular weight is 407 g/mol. The second-order valence-electron chi connectivity index (χ2n) is 7.51. The first-order valence-electron chi connectivity index (χ1n) is 10.9. The van der Waals surface area contributed by atoms with E-state index in [2.05, 4.69) is 19.1 Å². The van der Waals surface area contributed by atoms with Gasteiger partial charge in [0, 0.05) is 6.61 Å². The number of hydrogen-bond acceptors (Lipinski definition) is 3. The molecule has 0 radical (unpaired) electrons. The Balaban J connectivity index is 3.20. The van der Waals surface area contributed by atoms with Crippen molar-refractivity contribution in [1.82, 2.24) is 0 Å². The molecule has 1 atom stereocenters. The molecule has 0 rings (SSSR count). The highest BCUT2D eigenvalue weighted by Gasteiger charge is 2.19. The largest absolute Gasteiger partial charge is 0.390 e. The molecule has 0 aliphatic heterocycles. The van der Waals surface area contributed by atoms with Crippen molar-refractivity contribution in [2.45, 2.75) is 103 Å². The van der Waals surface area contributed by atoms with Crippen LogP contribution in [0.25, 0.3) is 0 Å². The highest BCUT2D eigenvalue weighted by Crippen LogP contribution is 2.34. The van der Waals surface area contributed by atoms with E-state index < -0.39 is 19.9 Å². The molecule has 0 heterocycles. The second kappa shape index (κ2) is 19.1. The molecule has 5 nitrogen and oxygen atoms in total. The molecule has 0 aliphatic rings. The molecule has 0 saturated carbocycles. The summed E-state index contributed by atoms with van der Waals surface area (Å²) in [7, 11) is -4.15. The minimum absolute atomic E-state index is 0.00379. The van der Waals surface area contributed by atoms with Crippen molar-refractivity contribution in [2.75, 3.05) is 19.4 Å². The SMILES string of the molecule is CCCCCCCC/C=C\CCCCCCCCOCC(O)CP(=O)(O)O. The lowest BCUT2D eigenvalue weighted by molar-refractivity contribution is 0.0438. The van der Waals surface area contributed by atoms with Crippen molar-refractivity contribution in [3.63, 3.8) is 0 Å². The zero-order valence-corrected chi connectivity index (χ0v) is 18.3. The smallest absolute Gasteiger partial charge is 0.328 e. The summed E-state index contributed by atoms with van der Waals surface area (Å²) in [6.07, 6.45) is 20.7. The molecule has 27 heavy (non-hydrogen) atoms. The van der Waals surface area contributed by atoms with E-state index in [0.717, 1.165) is 12.8 Å². The first-order chi connectivity index (χ1) is 13.0. The number of aliphatic hydroxyl groups is 1. The van der Waals surface area contributed by atoms with Gasteiger partial charge in [0.1, 0.15) is 0 Å². The molecule has 0 aromatic rings. The zero-order chi connectivity index (χ0) is 20.2. The highest BCUT2D eigenvalue weighted by molar-refractivity contribution is 7.51. The number of unbranched alkanes of at least 4 members (excludes halogenated alkanes) is 12. The molecule has 1 unspecified atom stereocenters. The highest BCUT2D eigenvalue weighted by atomic mass is 31.2. The Hall–Kier alpha value is -0.190. The van der Waals surface area contributed by atoms with Gasteiger partial charge in [0.15, 0.2) is 0 Å². The van der Waals surface area contributed by atoms with Crippen LogP contribution in [0.1, 0.15) is 96.8 Å². The molecule has 3 N–H and O–H groups in total. The van der Waals surface area contributed by atoms with Gasteiger partial charge < -0.3 is 19.6 Å². The number of allylic oxidation sites excluding steroid dienone is 2. The van der Waals surface area contributed by atoms with Crippen molar-refractivity contribution >= 4 is 7.60 Å². The van der Waals surface area contributed by atoms with Crippen LogP contribution in [-0.2, 0) is 9.30 Å². The molecule has 0 bridgehead atoms. The van der Waals surface area contributed by atoms with Crippen molar-refractivity contribution < 1.29 is 24.2 Å². The lowest BCUT2D eigenvalue weighted by Gasteiger charge is -2.11. The molecule has 162 valence electrons. The van der Waals surface area contributed by atoms with Crippen LogP contribution in [0.3, 0.4) is 0 Å². The van der Waals surface area contributed by atoms with Crippen LogP contribution < -0.4 is 0 Å². The van der Waals surface area contributed by atoms with Crippen LogP contribution in [0, 0.1) is 0 Å². The summed E-state index contributed by atoms with van der Waals surface area (Å²) < 4.78 is 16.0. The van der Waals surface area contributed by atoms with Gasteiger partial charge in [-0.3, -0.25) is 4.57 Å². The predicted molar refractivity (Wildman–Crippen MR) is 113 cm³/mol. The van der Waals surface area contributed by atoms with Crippen LogP contribution in [0.15, 0.2) is 12.2 Å². The van der Waals surface area contributed by atoms with Gasteiger partial charge in [-0.25, -0.2) is 0 Å². The summed E-state index contributed by atoms with van der Waals surface area (Å²) in [5.41, 5.74) is 0. The first kappa shape index (κ1) is 26.8. The van der Waals surface area contributed by atoms with Crippen LogP contribution in [0.2, 0.25) is 0 Å². The van der Waals surface area contributed by atoms with Crippen molar-refractivity contribution in [1.29, 1.82) is 0 Å². The van der Waals surface area contributed by atoms with Gasteiger partial charge in [0.05, 0.1) is 18.9 Å². The van der Waals surface area contributed by atoms with E-state index in [-0.39, 0.29) is 6.61 Å². The third-order valence-electron chi connectivity index (χ3n) is 4.56. The van der Waals surface area contributed by atoms with Gasteiger partial charge in [-0.2, -0.15) is 0 Å². The molecular weight excluding hydrogens is 363 g/mol. The standard InChI is InChI=1S/C21H43O5P/c1-2-3-4-5-6-7-8-9-10-11-12-13-14-15-16-17-18-26-19-21(22)20-27(23,24)25/h9-10,21-22H,2-8,11-20H2,1H3,(H2,23,24,25)/b10-9-. The Morgan fingerprint density at radius 2 is 1.30 bits per heavy atom. The third kappa shape index (κ3) is 23.8. The lowest BCUT2D eigenvalue weighted by atomic mass is 10.1. The molecule has 0 aliphatic carbocycles. The molecule has 0 aromatic heterocycles. The van der Waals surface area contributed by atoms with Crippen molar-refractivity contribution in [3.05, 3.63) is 12.2 Å². The summed E-state index contributed by atoms with van der Waals surface area (Å²) in [5, 5.41) is 9.40. The van der Waals surface area contributed by atoms with Gasteiger partial charge in [-0.15, -0.1) is 0 Å². The molecule has 0 aromatic carbocycles. The summed E-state index contributed by atoms with van der Waals surface area (Å²) in [5.74, 6) is 0. The topological polar surface area (TPSA) is 87.0 Å². The fourth-order valence-corrected chi connectivity index (χ4v) is 3.65. The van der Waals surface area contributed by atoms with Crippen LogP contribution in [0.4, 0.5) is 0 Å². The molecule has 0 spiro atoms. The Kier molecular flexibility index (Phi) is 19.0. The maximum atomic E-state index is 10.7. The number of aliphatic hydroxyl groups excluding tert-OH is 1. The molecule has 6 heteroatoms. The molecular formula is C21H43O5P. The molecule has 0 amide bonds. The third-order valence-corrected chi connectivity index (χ3v) is 5.46. The van der Waals surface area contributed by atoms with Crippen LogP contribution in [-0.4, -0.2) is 40.4 Å². The van der Waals surface area contributed by atoms with E-state index in [1.165, 1.54) is 77.0 Å². The van der Waals surface area contributed by atoms with Crippen LogP contribution >= 0.6 is 7.60 Å². The summed E-state index contributed by atoms with van der Waals surface area (Å²) in [4.78, 5) is 17.5. The number of ether oxygens (including phenoxy) is 1.